The number of nitrogens with two attached hydrogens (primary N) is 1. The van der Waals surface area contributed by atoms with Crippen LogP contribution in [0.3, 0.4) is 0 Å². The number of nitrogens with one attached hydrogen (secondary N) is 1. The van der Waals surface area contributed by atoms with E-state index >= 15 is 0 Å². The minimum atomic E-state index is -0.984. The number of benzene rings is 2. The highest BCUT2D eigenvalue weighted by molar-refractivity contribution is 7.88. The van der Waals surface area contributed by atoms with Crippen LogP contribution in [-0.4, -0.2) is 33.5 Å². The number of ether oxygens (including phenoxy) is 1. The van der Waals surface area contributed by atoms with Crippen LogP contribution in [0.5, 0.6) is 5.75 Å². The molecule has 0 aliphatic carbocycles. The van der Waals surface area contributed by atoms with E-state index in [1.807, 2.05) is 0 Å². The number of nitrogens with zero attached hydrogens (tertiary/aromatic N) is 3. The SMILES string of the molecule is C[C@@H](Oc1cc(F)ccc1Nc1ncnc2cc(N=S3CCC3)cc(F)c12)C(N)=O. The van der Waals surface area contributed by atoms with E-state index in [2.05, 4.69) is 19.6 Å². The second kappa shape index (κ2) is 8.31. The third kappa shape index (κ3) is 4.23. The number of anilines is 2. The molecule has 3 aromatic rings. The number of rotatable bonds is 6. The molecule has 2 heterocycles. The lowest BCUT2D eigenvalue weighted by molar-refractivity contribution is -0.123. The lowest BCUT2D eigenvalue weighted by atomic mass is 10.2. The second-order valence-electron chi connectivity index (χ2n) is 6.79. The molecule has 0 radical (unpaired) electrons. The molecule has 1 aromatic heterocycles. The fraction of sp³-hybridized carbons (Fsp3) is 0.250. The van der Waals surface area contributed by atoms with Gasteiger partial charge in [-0.3, -0.25) is 4.79 Å². The van der Waals surface area contributed by atoms with Gasteiger partial charge >= 0.3 is 0 Å². The van der Waals surface area contributed by atoms with E-state index in [1.54, 1.807) is 6.07 Å². The number of aromatic nitrogens is 2. The van der Waals surface area contributed by atoms with Gasteiger partial charge in [0, 0.05) is 23.6 Å². The van der Waals surface area contributed by atoms with Gasteiger partial charge in [-0.25, -0.2) is 23.1 Å². The van der Waals surface area contributed by atoms with Crippen LogP contribution in [0.1, 0.15) is 13.3 Å². The lowest BCUT2D eigenvalue weighted by Gasteiger charge is -2.17. The minimum Gasteiger partial charge on any atom is -0.479 e. The number of carbonyl (C=O) groups excluding carboxylic acids is 1. The molecule has 10 heteroatoms. The van der Waals surface area contributed by atoms with Crippen molar-refractivity contribution in [2.24, 2.45) is 10.1 Å². The maximum Gasteiger partial charge on any atom is 0.258 e. The molecule has 1 saturated heterocycles. The van der Waals surface area contributed by atoms with E-state index in [1.165, 1.54) is 31.5 Å². The number of amides is 1. The van der Waals surface area contributed by atoms with Crippen LogP contribution < -0.4 is 15.8 Å². The van der Waals surface area contributed by atoms with Crippen LogP contribution in [0.2, 0.25) is 0 Å². The molecule has 7 nitrogen and oxygen atoms in total. The first-order valence-corrected chi connectivity index (χ1v) is 10.8. The summed E-state index contributed by atoms with van der Waals surface area (Å²) in [6.07, 6.45) is 1.47. The predicted molar refractivity (Wildman–Crippen MR) is 112 cm³/mol. The average Bonchev–Trinajstić information content (AvgIpc) is 2.66. The zero-order valence-corrected chi connectivity index (χ0v) is 16.9. The molecule has 156 valence electrons. The Labute approximate surface area is 173 Å². The van der Waals surface area contributed by atoms with Gasteiger partial charge in [0.1, 0.15) is 29.5 Å². The summed E-state index contributed by atoms with van der Waals surface area (Å²) in [5.74, 6) is 0.514. The zero-order chi connectivity index (χ0) is 21.3. The molecule has 0 spiro atoms. The second-order valence-corrected chi connectivity index (χ2v) is 8.71. The van der Waals surface area contributed by atoms with Gasteiger partial charge in [0.2, 0.25) is 0 Å². The molecule has 1 fully saturated rings. The van der Waals surface area contributed by atoms with Gasteiger partial charge < -0.3 is 15.8 Å². The van der Waals surface area contributed by atoms with Crippen molar-refractivity contribution in [2.45, 2.75) is 19.4 Å². The Bertz CT molecular complexity index is 1170. The summed E-state index contributed by atoms with van der Waals surface area (Å²) >= 11 is 0. The van der Waals surface area contributed by atoms with Crippen molar-refractivity contribution in [3.05, 3.63) is 48.3 Å². The summed E-state index contributed by atoms with van der Waals surface area (Å²) in [5.41, 5.74) is 6.47. The van der Waals surface area contributed by atoms with Crippen molar-refractivity contribution in [1.82, 2.24) is 9.97 Å². The van der Waals surface area contributed by atoms with Crippen molar-refractivity contribution in [3.8, 4) is 5.75 Å². The van der Waals surface area contributed by atoms with Crippen molar-refractivity contribution < 1.29 is 18.3 Å². The third-order valence-electron chi connectivity index (χ3n) is 4.57. The molecule has 0 bridgehead atoms. The Morgan fingerprint density at radius 1 is 1.27 bits per heavy atom. The van der Waals surface area contributed by atoms with Crippen LogP contribution in [0.25, 0.3) is 10.9 Å². The number of hydrogen-bond acceptors (Lipinski definition) is 6. The normalized spacial score (nSPS) is 14.8. The summed E-state index contributed by atoms with van der Waals surface area (Å²) in [5, 5.41) is 3.12. The van der Waals surface area contributed by atoms with Crippen molar-refractivity contribution >= 4 is 44.7 Å². The molecule has 30 heavy (non-hydrogen) atoms. The molecular weight excluding hydrogens is 412 g/mol. The maximum atomic E-state index is 14.9. The lowest BCUT2D eigenvalue weighted by Crippen LogP contribution is -2.30. The van der Waals surface area contributed by atoms with E-state index < -0.39 is 23.6 Å². The fourth-order valence-electron chi connectivity index (χ4n) is 2.86. The van der Waals surface area contributed by atoms with Crippen molar-refractivity contribution in [2.75, 3.05) is 16.8 Å². The molecule has 1 aliphatic rings. The van der Waals surface area contributed by atoms with E-state index in [0.29, 0.717) is 16.9 Å². The molecule has 1 amide bonds. The predicted octanol–water partition coefficient (Wildman–Crippen LogP) is 3.74. The summed E-state index contributed by atoms with van der Waals surface area (Å²) in [6, 6.07) is 6.80. The standard InChI is InChI=1S/C20H19F2N5O2S/c1-11(19(23)28)29-17-7-12(21)3-4-15(17)26-20-18-14(22)8-13(27-30-5-2-6-30)9-16(18)24-10-25-20/h3-4,7-11H,2,5-6H2,1H3,(H2,23,28)(H,24,25,26)/t11-/m1/s1. The topological polar surface area (TPSA) is 102 Å². The molecule has 0 unspecified atom stereocenters. The Hall–Kier alpha value is -3.14. The largest absolute Gasteiger partial charge is 0.479 e. The highest BCUT2D eigenvalue weighted by Gasteiger charge is 2.17. The smallest absolute Gasteiger partial charge is 0.258 e. The van der Waals surface area contributed by atoms with Crippen LogP contribution in [0, 0.1) is 11.6 Å². The van der Waals surface area contributed by atoms with Crippen molar-refractivity contribution in [3.63, 3.8) is 0 Å². The van der Waals surface area contributed by atoms with Gasteiger partial charge in [0.05, 0.1) is 22.3 Å². The molecule has 2 aromatic carbocycles. The van der Waals surface area contributed by atoms with Crippen molar-refractivity contribution in [1.29, 1.82) is 0 Å². The van der Waals surface area contributed by atoms with Crippen LogP contribution in [0.4, 0.5) is 26.0 Å². The first-order valence-electron chi connectivity index (χ1n) is 9.27. The highest BCUT2D eigenvalue weighted by Crippen LogP contribution is 2.34. The van der Waals surface area contributed by atoms with Gasteiger partial charge in [-0.15, -0.1) is 0 Å². The van der Waals surface area contributed by atoms with Gasteiger partial charge in [0.25, 0.3) is 5.91 Å². The average molecular weight is 431 g/mol. The molecule has 1 atom stereocenters. The number of carbonyl (C=O) groups is 1. The number of hydrogen-bond donors (Lipinski definition) is 2. The summed E-state index contributed by atoms with van der Waals surface area (Å²) in [4.78, 5) is 19.6. The van der Waals surface area contributed by atoms with E-state index in [0.717, 1.165) is 24.0 Å². The van der Waals surface area contributed by atoms with Gasteiger partial charge in [-0.05, 0) is 31.5 Å². The van der Waals surface area contributed by atoms with Crippen LogP contribution in [0.15, 0.2) is 41.0 Å². The molecular formula is C20H19F2N5O2S. The van der Waals surface area contributed by atoms with Gasteiger partial charge in [-0.1, -0.05) is 10.7 Å². The number of primary amides is 1. The summed E-state index contributed by atoms with van der Waals surface area (Å²) < 4.78 is 38.7. The summed E-state index contributed by atoms with van der Waals surface area (Å²) in [7, 11) is -0.0411. The Kier molecular flexibility index (Phi) is 5.58. The van der Waals surface area contributed by atoms with Crippen LogP contribution >= 0.6 is 0 Å². The Balaban J connectivity index is 1.71. The molecule has 4 rings (SSSR count). The van der Waals surface area contributed by atoms with E-state index in [9.17, 15) is 13.6 Å². The minimum absolute atomic E-state index is 0.0411. The number of fused-ring (bicyclic) bond motifs is 1. The molecule has 0 saturated carbocycles. The Morgan fingerprint density at radius 2 is 2.07 bits per heavy atom. The molecule has 3 N–H and O–H groups in total. The fourth-order valence-corrected chi connectivity index (χ4v) is 4.00. The number of halogens is 2. The first-order chi connectivity index (χ1) is 14.4. The van der Waals surface area contributed by atoms with E-state index in [4.69, 9.17) is 10.5 Å². The summed E-state index contributed by atoms with van der Waals surface area (Å²) in [6.45, 7) is 1.45. The van der Waals surface area contributed by atoms with Gasteiger partial charge in [-0.2, -0.15) is 0 Å². The van der Waals surface area contributed by atoms with E-state index in [-0.39, 0.29) is 27.6 Å². The monoisotopic (exact) mass is 431 g/mol. The Morgan fingerprint density at radius 3 is 2.77 bits per heavy atom. The third-order valence-corrected chi connectivity index (χ3v) is 6.56. The van der Waals surface area contributed by atoms with Crippen LogP contribution in [-0.2, 0) is 15.5 Å². The molecule has 1 aliphatic heterocycles. The quantitative estimate of drug-likeness (QED) is 0.619. The zero-order valence-electron chi connectivity index (χ0n) is 16.1. The highest BCUT2D eigenvalue weighted by atomic mass is 32.2. The van der Waals surface area contributed by atoms with Gasteiger partial charge in [0.15, 0.2) is 6.10 Å². The maximum absolute atomic E-state index is 14.9. The first kappa shape index (κ1) is 20.1.